The number of piperazine rings is 1. The fourth-order valence-electron chi connectivity index (χ4n) is 4.51. The van der Waals surface area contributed by atoms with Gasteiger partial charge >= 0.3 is 6.09 Å². The van der Waals surface area contributed by atoms with E-state index in [-0.39, 0.29) is 17.7 Å². The third-order valence-electron chi connectivity index (χ3n) is 6.37. The van der Waals surface area contributed by atoms with Crippen molar-refractivity contribution in [3.8, 4) is 22.6 Å². The zero-order chi connectivity index (χ0) is 26.2. The highest BCUT2D eigenvalue weighted by Gasteiger charge is 2.30. The monoisotopic (exact) mass is 497 g/mol. The maximum absolute atomic E-state index is 12.9. The highest BCUT2D eigenvalue weighted by atomic mass is 16.6. The molecule has 0 N–H and O–H groups in total. The molecule has 1 fully saturated rings. The number of carbonyl (C=O) groups is 1. The second kappa shape index (κ2) is 9.89. The molecule has 1 atom stereocenters. The van der Waals surface area contributed by atoms with Crippen molar-refractivity contribution < 1.29 is 23.4 Å². The highest BCUT2D eigenvalue weighted by Crippen LogP contribution is 2.35. The molecule has 3 heterocycles. The number of amides is 1. The molecule has 4 rings (SSSR count). The maximum atomic E-state index is 12.9. The van der Waals surface area contributed by atoms with Crippen LogP contribution in [0.2, 0.25) is 0 Å². The van der Waals surface area contributed by atoms with Crippen LogP contribution in [0.25, 0.3) is 22.1 Å². The minimum absolute atomic E-state index is 0.104. The molecule has 1 aromatic carbocycles. The van der Waals surface area contributed by atoms with Crippen molar-refractivity contribution in [1.29, 1.82) is 0 Å². The fourth-order valence-corrected chi connectivity index (χ4v) is 4.51. The summed E-state index contributed by atoms with van der Waals surface area (Å²) in [6.45, 7) is 10.0. The van der Waals surface area contributed by atoms with Gasteiger partial charge in [0, 0.05) is 44.5 Å². The number of nitrogens with zero attached hydrogens (tertiary/aromatic N) is 3. The molecule has 36 heavy (non-hydrogen) atoms. The Morgan fingerprint density at radius 1 is 1.11 bits per heavy atom. The first-order valence-corrected chi connectivity index (χ1v) is 12.1. The number of fused-ring (bicyclic) bond motifs is 1. The van der Waals surface area contributed by atoms with Gasteiger partial charge in [-0.25, -0.2) is 4.79 Å². The van der Waals surface area contributed by atoms with Crippen molar-refractivity contribution in [3.63, 3.8) is 0 Å². The van der Waals surface area contributed by atoms with Crippen LogP contribution in [0.4, 0.5) is 4.79 Å². The van der Waals surface area contributed by atoms with Crippen LogP contribution in [0.3, 0.4) is 0 Å². The van der Waals surface area contributed by atoms with E-state index in [1.807, 2.05) is 45.0 Å². The second-order valence-corrected chi connectivity index (χ2v) is 10.2. The quantitative estimate of drug-likeness (QED) is 0.521. The first-order valence-electron chi connectivity index (χ1n) is 12.1. The summed E-state index contributed by atoms with van der Waals surface area (Å²) in [5, 5.41) is 0.528. The Hall–Kier alpha value is -3.46. The Balaban J connectivity index is 1.60. The second-order valence-electron chi connectivity index (χ2n) is 10.2. The zero-order valence-electron chi connectivity index (χ0n) is 22.1. The smallest absolute Gasteiger partial charge is 0.410 e. The molecule has 9 nitrogen and oxygen atoms in total. The maximum Gasteiger partial charge on any atom is 0.410 e. The number of furan rings is 1. The number of pyridine rings is 1. The molecule has 1 saturated heterocycles. The number of aromatic nitrogens is 1. The summed E-state index contributed by atoms with van der Waals surface area (Å²) in [7, 11) is 4.92. The van der Waals surface area contributed by atoms with Gasteiger partial charge in [-0.3, -0.25) is 9.69 Å². The van der Waals surface area contributed by atoms with Crippen LogP contribution in [0.5, 0.6) is 11.5 Å². The van der Waals surface area contributed by atoms with E-state index in [4.69, 9.17) is 18.6 Å². The molecule has 194 valence electrons. The van der Waals surface area contributed by atoms with Gasteiger partial charge in [0.2, 0.25) is 0 Å². The number of benzene rings is 1. The molecular formula is C27H35N3O6. The average Bonchev–Trinajstić information content (AvgIpc) is 3.25. The normalized spacial score (nSPS) is 16.9. The van der Waals surface area contributed by atoms with Crippen LogP contribution < -0.4 is 15.0 Å². The average molecular weight is 498 g/mol. The summed E-state index contributed by atoms with van der Waals surface area (Å²) < 4.78 is 24.2. The first kappa shape index (κ1) is 25.6. The molecule has 1 unspecified atom stereocenters. The number of methoxy groups -OCH3 is 2. The number of rotatable bonds is 5. The highest BCUT2D eigenvalue weighted by molar-refractivity contribution is 5.92. The Morgan fingerprint density at radius 2 is 1.83 bits per heavy atom. The van der Waals surface area contributed by atoms with Gasteiger partial charge in [0.25, 0.3) is 5.56 Å². The summed E-state index contributed by atoms with van der Waals surface area (Å²) in [5.41, 5.74) is 1.55. The minimum atomic E-state index is -0.524. The summed E-state index contributed by atoms with van der Waals surface area (Å²) >= 11 is 0. The van der Waals surface area contributed by atoms with E-state index in [1.54, 1.807) is 36.9 Å². The lowest BCUT2D eigenvalue weighted by atomic mass is 10.1. The number of hydrogen-bond donors (Lipinski definition) is 0. The van der Waals surface area contributed by atoms with Crippen molar-refractivity contribution in [2.24, 2.45) is 7.05 Å². The lowest BCUT2D eigenvalue weighted by molar-refractivity contribution is 0.00382. The SMILES string of the molecule is COc1ccc(-c2cn(C)c(=O)c3cc(CN4CCN(C(=O)OC(C)(C)C)CC4C)oc23)cc1OC. The van der Waals surface area contributed by atoms with Crippen LogP contribution in [-0.2, 0) is 18.3 Å². The van der Waals surface area contributed by atoms with E-state index in [0.717, 1.165) is 11.1 Å². The minimum Gasteiger partial charge on any atom is -0.493 e. The third kappa shape index (κ3) is 5.21. The van der Waals surface area contributed by atoms with E-state index in [0.29, 0.717) is 54.4 Å². The standard InChI is InChI=1S/C27H35N3O6/c1-17-14-30(26(32)36-27(2,3)4)11-10-29(17)15-19-13-20-24(35-19)21(16-28(5)25(20)31)18-8-9-22(33-6)23(12-18)34-7/h8-9,12-13,16-17H,10-11,14-15H2,1-7H3. The predicted molar refractivity (Wildman–Crippen MR) is 138 cm³/mol. The topological polar surface area (TPSA) is 86.4 Å². The van der Waals surface area contributed by atoms with Crippen LogP contribution in [0.1, 0.15) is 33.5 Å². The molecule has 1 aliphatic rings. The molecule has 1 aliphatic heterocycles. The van der Waals surface area contributed by atoms with Crippen LogP contribution >= 0.6 is 0 Å². The van der Waals surface area contributed by atoms with E-state index in [1.165, 1.54) is 0 Å². The van der Waals surface area contributed by atoms with Gasteiger partial charge in [0.1, 0.15) is 16.9 Å². The fraction of sp³-hybridized carbons (Fsp3) is 0.481. The zero-order valence-corrected chi connectivity index (χ0v) is 22.1. The van der Waals surface area contributed by atoms with Crippen molar-refractivity contribution >= 4 is 17.1 Å². The number of ether oxygens (including phenoxy) is 3. The number of hydrogen-bond acceptors (Lipinski definition) is 7. The summed E-state index contributed by atoms with van der Waals surface area (Å²) in [5.74, 6) is 1.93. The van der Waals surface area contributed by atoms with Crippen LogP contribution in [0.15, 0.2) is 39.7 Å². The molecule has 3 aromatic rings. The largest absolute Gasteiger partial charge is 0.493 e. The molecule has 2 aromatic heterocycles. The van der Waals surface area contributed by atoms with E-state index < -0.39 is 5.60 Å². The van der Waals surface area contributed by atoms with Gasteiger partial charge in [0.15, 0.2) is 11.5 Å². The van der Waals surface area contributed by atoms with Crippen molar-refractivity contribution in [3.05, 3.63) is 46.6 Å². The molecule has 1 amide bonds. The molecule has 0 radical (unpaired) electrons. The predicted octanol–water partition coefficient (Wildman–Crippen LogP) is 4.26. The number of aryl methyl sites for hydroxylation is 1. The molecule has 0 saturated carbocycles. The Bertz CT molecular complexity index is 1320. The van der Waals surface area contributed by atoms with Gasteiger partial charge < -0.3 is 28.1 Å². The molecule has 9 heteroatoms. The van der Waals surface area contributed by atoms with E-state index >= 15 is 0 Å². The van der Waals surface area contributed by atoms with Crippen LogP contribution in [-0.4, -0.2) is 66.0 Å². The third-order valence-corrected chi connectivity index (χ3v) is 6.37. The van der Waals surface area contributed by atoms with Gasteiger partial charge in [-0.2, -0.15) is 0 Å². The van der Waals surface area contributed by atoms with Crippen molar-refractivity contribution in [1.82, 2.24) is 14.4 Å². The Kier molecular flexibility index (Phi) is 7.04. The lowest BCUT2D eigenvalue weighted by Gasteiger charge is -2.39. The van der Waals surface area contributed by atoms with E-state index in [9.17, 15) is 9.59 Å². The molecule has 0 aliphatic carbocycles. The van der Waals surface area contributed by atoms with Gasteiger partial charge in [-0.15, -0.1) is 0 Å². The Morgan fingerprint density at radius 3 is 2.47 bits per heavy atom. The molecular weight excluding hydrogens is 462 g/mol. The van der Waals surface area contributed by atoms with Gasteiger partial charge in [-0.1, -0.05) is 6.07 Å². The molecule has 0 bridgehead atoms. The van der Waals surface area contributed by atoms with Gasteiger partial charge in [0.05, 0.1) is 26.2 Å². The van der Waals surface area contributed by atoms with Crippen LogP contribution in [0, 0.1) is 0 Å². The van der Waals surface area contributed by atoms with E-state index in [2.05, 4.69) is 11.8 Å². The van der Waals surface area contributed by atoms with Crippen molar-refractivity contribution in [2.45, 2.75) is 45.9 Å². The number of carbonyl (C=O) groups excluding carboxylic acids is 1. The summed E-state index contributed by atoms with van der Waals surface area (Å²) in [6.07, 6.45) is 1.49. The summed E-state index contributed by atoms with van der Waals surface area (Å²) in [4.78, 5) is 29.4. The Labute approximate surface area is 211 Å². The van der Waals surface area contributed by atoms with Crippen molar-refractivity contribution in [2.75, 3.05) is 33.9 Å². The molecule has 0 spiro atoms. The summed E-state index contributed by atoms with van der Waals surface area (Å²) in [6, 6.07) is 7.56. The first-order chi connectivity index (χ1) is 17.0. The lowest BCUT2D eigenvalue weighted by Crippen LogP contribution is -2.54. The van der Waals surface area contributed by atoms with Gasteiger partial charge in [-0.05, 0) is 51.5 Å².